The summed E-state index contributed by atoms with van der Waals surface area (Å²) in [7, 11) is 0.0129. The van der Waals surface area contributed by atoms with Gasteiger partial charge in [-0.3, -0.25) is 0 Å². The van der Waals surface area contributed by atoms with Gasteiger partial charge in [-0.2, -0.15) is 4.31 Å². The van der Waals surface area contributed by atoms with E-state index >= 15 is 0 Å². The average molecular weight is 377 g/mol. The van der Waals surface area contributed by atoms with E-state index in [2.05, 4.69) is 21.2 Å². The van der Waals surface area contributed by atoms with E-state index in [1.54, 1.807) is 29.6 Å². The van der Waals surface area contributed by atoms with Crippen LogP contribution >= 0.6 is 15.9 Å². The quantitative estimate of drug-likeness (QED) is 0.854. The largest absolute Gasteiger partial charge is 0.496 e. The molecule has 1 aromatic carbocycles. The van der Waals surface area contributed by atoms with Crippen molar-refractivity contribution in [3.8, 4) is 5.75 Å². The Bertz CT molecular complexity index is 590. The zero-order valence-electron chi connectivity index (χ0n) is 12.3. The van der Waals surface area contributed by atoms with Crippen LogP contribution < -0.4 is 10.1 Å². The molecule has 0 aliphatic carbocycles. The topological polar surface area (TPSA) is 58.6 Å². The summed E-state index contributed by atoms with van der Waals surface area (Å²) < 4.78 is 32.8. The van der Waals surface area contributed by atoms with Gasteiger partial charge in [-0.05, 0) is 66.5 Å². The number of hydrogen-bond donors (Lipinski definition) is 1. The monoisotopic (exact) mass is 376 g/mol. The minimum Gasteiger partial charge on any atom is -0.496 e. The molecule has 0 radical (unpaired) electrons. The number of hydrogen-bond acceptors (Lipinski definition) is 4. The van der Waals surface area contributed by atoms with Gasteiger partial charge >= 0.3 is 0 Å². The molecule has 1 aliphatic heterocycles. The van der Waals surface area contributed by atoms with Crippen molar-refractivity contribution in [2.75, 3.05) is 33.8 Å². The highest BCUT2D eigenvalue weighted by molar-refractivity contribution is 9.10. The Labute approximate surface area is 134 Å². The van der Waals surface area contributed by atoms with E-state index in [1.807, 2.05) is 7.05 Å². The lowest BCUT2D eigenvalue weighted by Crippen LogP contribution is -2.42. The summed E-state index contributed by atoms with van der Waals surface area (Å²) >= 11 is 3.34. The Morgan fingerprint density at radius 1 is 1.48 bits per heavy atom. The summed E-state index contributed by atoms with van der Waals surface area (Å²) in [6.07, 6.45) is 1.97. The molecule has 0 bridgehead atoms. The molecule has 0 saturated carbocycles. The molecule has 0 aromatic heterocycles. The lowest BCUT2D eigenvalue weighted by atomic mass is 10.00. The van der Waals surface area contributed by atoms with Crippen LogP contribution in [0, 0.1) is 5.92 Å². The van der Waals surface area contributed by atoms with Gasteiger partial charge in [0.15, 0.2) is 0 Å². The number of sulfonamides is 1. The first-order valence-corrected chi connectivity index (χ1v) is 9.20. The van der Waals surface area contributed by atoms with Gasteiger partial charge in [-0.25, -0.2) is 8.42 Å². The second-order valence-electron chi connectivity index (χ2n) is 5.23. The van der Waals surface area contributed by atoms with Gasteiger partial charge in [0.05, 0.1) is 16.5 Å². The first-order chi connectivity index (χ1) is 9.98. The SMILES string of the molecule is CNC[C@@H]1CCCN(S(=O)(=O)c2ccc(OC)c(Br)c2)C1. The highest BCUT2D eigenvalue weighted by Gasteiger charge is 2.30. The van der Waals surface area contributed by atoms with Crippen LogP contribution in [0.15, 0.2) is 27.6 Å². The van der Waals surface area contributed by atoms with Gasteiger partial charge in [-0.1, -0.05) is 0 Å². The molecule has 1 fully saturated rings. The van der Waals surface area contributed by atoms with Crippen molar-refractivity contribution in [3.63, 3.8) is 0 Å². The second-order valence-corrected chi connectivity index (χ2v) is 8.02. The van der Waals surface area contributed by atoms with Crippen molar-refractivity contribution in [2.24, 2.45) is 5.92 Å². The summed E-state index contributed by atoms with van der Waals surface area (Å²) in [6, 6.07) is 4.88. The van der Waals surface area contributed by atoms with E-state index < -0.39 is 10.0 Å². The van der Waals surface area contributed by atoms with Crippen LogP contribution in [0.1, 0.15) is 12.8 Å². The zero-order valence-corrected chi connectivity index (χ0v) is 14.7. The number of rotatable bonds is 5. The number of ether oxygens (including phenoxy) is 1. The van der Waals surface area contributed by atoms with Crippen LogP contribution in [0.25, 0.3) is 0 Å². The Morgan fingerprint density at radius 3 is 2.86 bits per heavy atom. The fourth-order valence-electron chi connectivity index (χ4n) is 2.66. The average Bonchev–Trinajstić information content (AvgIpc) is 2.48. The predicted octanol–water partition coefficient (Wildman–Crippen LogP) is 2.08. The maximum absolute atomic E-state index is 12.7. The summed E-state index contributed by atoms with van der Waals surface area (Å²) in [5.74, 6) is 1.00. The summed E-state index contributed by atoms with van der Waals surface area (Å²) in [5.41, 5.74) is 0. The molecule has 5 nitrogen and oxygen atoms in total. The number of nitrogens with one attached hydrogen (secondary N) is 1. The first-order valence-electron chi connectivity index (χ1n) is 6.97. The fourth-order valence-corrected chi connectivity index (χ4v) is 4.93. The fraction of sp³-hybridized carbons (Fsp3) is 0.571. The third kappa shape index (κ3) is 3.77. The van der Waals surface area contributed by atoms with Crippen LogP contribution in [0.4, 0.5) is 0 Å². The van der Waals surface area contributed by atoms with E-state index in [0.29, 0.717) is 34.1 Å². The second kappa shape index (κ2) is 7.09. The minimum absolute atomic E-state index is 0.306. The molecule has 2 rings (SSSR count). The normalized spacial score (nSPS) is 20.4. The van der Waals surface area contributed by atoms with Crippen molar-refractivity contribution in [1.29, 1.82) is 0 Å². The molecule has 0 unspecified atom stereocenters. The van der Waals surface area contributed by atoms with Crippen molar-refractivity contribution in [3.05, 3.63) is 22.7 Å². The van der Waals surface area contributed by atoms with E-state index in [4.69, 9.17) is 4.74 Å². The molecule has 1 atom stereocenters. The molecule has 1 aliphatic rings. The molecule has 118 valence electrons. The molecule has 0 spiro atoms. The lowest BCUT2D eigenvalue weighted by molar-refractivity contribution is 0.263. The van der Waals surface area contributed by atoms with Gasteiger partial charge in [-0.15, -0.1) is 0 Å². The number of methoxy groups -OCH3 is 1. The smallest absolute Gasteiger partial charge is 0.243 e. The first kappa shape index (κ1) is 16.7. The molecule has 1 N–H and O–H groups in total. The van der Waals surface area contributed by atoms with Crippen molar-refractivity contribution in [1.82, 2.24) is 9.62 Å². The lowest BCUT2D eigenvalue weighted by Gasteiger charge is -2.31. The maximum Gasteiger partial charge on any atom is 0.243 e. The van der Waals surface area contributed by atoms with Crippen LogP contribution in [0.3, 0.4) is 0 Å². The van der Waals surface area contributed by atoms with E-state index in [0.717, 1.165) is 19.4 Å². The maximum atomic E-state index is 12.7. The molecule has 1 saturated heterocycles. The number of benzene rings is 1. The predicted molar refractivity (Wildman–Crippen MR) is 86.1 cm³/mol. The van der Waals surface area contributed by atoms with Crippen LogP contribution in [-0.4, -0.2) is 46.5 Å². The summed E-state index contributed by atoms with van der Waals surface area (Å²) in [5, 5.41) is 3.13. The van der Waals surface area contributed by atoms with Crippen molar-refractivity contribution >= 4 is 26.0 Å². The van der Waals surface area contributed by atoms with E-state index in [1.165, 1.54) is 0 Å². The molecule has 1 aromatic rings. The highest BCUT2D eigenvalue weighted by atomic mass is 79.9. The van der Waals surface area contributed by atoms with Crippen LogP contribution in [-0.2, 0) is 10.0 Å². The van der Waals surface area contributed by atoms with Gasteiger partial charge in [0.2, 0.25) is 10.0 Å². The molecule has 0 amide bonds. The van der Waals surface area contributed by atoms with Gasteiger partial charge in [0.25, 0.3) is 0 Å². The number of nitrogens with zero attached hydrogens (tertiary/aromatic N) is 1. The zero-order chi connectivity index (χ0) is 15.5. The third-order valence-corrected chi connectivity index (χ3v) is 6.22. The Morgan fingerprint density at radius 2 is 2.24 bits per heavy atom. The minimum atomic E-state index is -3.44. The Balaban J connectivity index is 2.23. The molecule has 1 heterocycles. The van der Waals surface area contributed by atoms with E-state index in [9.17, 15) is 8.42 Å². The van der Waals surface area contributed by atoms with Crippen LogP contribution in [0.2, 0.25) is 0 Å². The highest BCUT2D eigenvalue weighted by Crippen LogP contribution is 2.30. The third-order valence-electron chi connectivity index (χ3n) is 3.74. The molecule has 7 heteroatoms. The van der Waals surface area contributed by atoms with E-state index in [-0.39, 0.29) is 0 Å². The standard InChI is InChI=1S/C14H21BrN2O3S/c1-16-9-11-4-3-7-17(10-11)21(18,19)12-5-6-14(20-2)13(15)8-12/h5-6,8,11,16H,3-4,7,9-10H2,1-2H3/t11-/m0/s1. The molecular weight excluding hydrogens is 356 g/mol. The van der Waals surface area contributed by atoms with Crippen molar-refractivity contribution in [2.45, 2.75) is 17.7 Å². The molecule has 21 heavy (non-hydrogen) atoms. The Kier molecular flexibility index (Phi) is 5.65. The summed E-state index contributed by atoms with van der Waals surface area (Å²) in [4.78, 5) is 0.306. The van der Waals surface area contributed by atoms with Gasteiger partial charge < -0.3 is 10.1 Å². The number of piperidine rings is 1. The van der Waals surface area contributed by atoms with Gasteiger partial charge in [0, 0.05) is 13.1 Å². The summed E-state index contributed by atoms with van der Waals surface area (Å²) in [6.45, 7) is 2.01. The number of halogens is 1. The van der Waals surface area contributed by atoms with Crippen LogP contribution in [0.5, 0.6) is 5.75 Å². The van der Waals surface area contributed by atoms with Gasteiger partial charge in [0.1, 0.15) is 5.75 Å². The Hall–Kier alpha value is -0.630. The van der Waals surface area contributed by atoms with Crippen molar-refractivity contribution < 1.29 is 13.2 Å². The molecular formula is C14H21BrN2O3S.